The molecule has 1 aromatic heterocycles. The number of aryl methyl sites for hydroxylation is 1. The summed E-state index contributed by atoms with van der Waals surface area (Å²) < 4.78 is 41.4. The molecule has 3 rings (SSSR count). The summed E-state index contributed by atoms with van der Waals surface area (Å²) in [6.45, 7) is -0.438. The molecule has 0 saturated heterocycles. The molecule has 0 N–H and O–H groups in total. The zero-order valence-electron chi connectivity index (χ0n) is 12.7. The smallest absolute Gasteiger partial charge is 0.296 e. The lowest BCUT2D eigenvalue weighted by Gasteiger charge is -2.15. The highest BCUT2D eigenvalue weighted by atomic mass is 19.4. The Kier molecular flexibility index (Phi) is 3.79. The number of alkyl halides is 3. The Labute approximate surface area is 134 Å². The number of fused-ring (bicyclic) bond motifs is 1. The van der Waals surface area contributed by atoms with Crippen LogP contribution in [0.15, 0.2) is 58.1 Å². The first-order chi connectivity index (χ1) is 11.3. The van der Waals surface area contributed by atoms with E-state index in [9.17, 15) is 22.8 Å². The summed E-state index contributed by atoms with van der Waals surface area (Å²) >= 11 is 0. The lowest BCUT2D eigenvalue weighted by atomic mass is 10.1. The molecule has 0 aliphatic heterocycles. The van der Waals surface area contributed by atoms with E-state index in [0.29, 0.717) is 5.52 Å². The van der Waals surface area contributed by atoms with Gasteiger partial charge in [0, 0.05) is 7.05 Å². The Morgan fingerprint density at radius 3 is 2.29 bits per heavy atom. The Hall–Kier alpha value is -2.83. The lowest BCUT2D eigenvalue weighted by Crippen LogP contribution is -2.39. The molecule has 0 aliphatic carbocycles. The summed E-state index contributed by atoms with van der Waals surface area (Å²) in [5.41, 5.74) is -1.80. The van der Waals surface area contributed by atoms with E-state index in [-0.39, 0.29) is 10.9 Å². The SMILES string of the molecule is Cn1c(=O)n(Cc2ccccc2C(F)(F)F)c(=O)c2ccccc21. The second kappa shape index (κ2) is 5.67. The Morgan fingerprint density at radius 2 is 1.58 bits per heavy atom. The molecule has 0 saturated carbocycles. The van der Waals surface area contributed by atoms with Crippen LogP contribution < -0.4 is 11.2 Å². The molecular weight excluding hydrogens is 321 g/mol. The molecule has 7 heteroatoms. The van der Waals surface area contributed by atoms with Crippen molar-refractivity contribution in [3.63, 3.8) is 0 Å². The first kappa shape index (κ1) is 16.0. The maximum Gasteiger partial charge on any atom is 0.416 e. The average molecular weight is 334 g/mol. The van der Waals surface area contributed by atoms with E-state index in [1.807, 2.05) is 0 Å². The minimum absolute atomic E-state index is 0.125. The van der Waals surface area contributed by atoms with E-state index in [2.05, 4.69) is 0 Å². The van der Waals surface area contributed by atoms with Crippen LogP contribution in [0.1, 0.15) is 11.1 Å². The number of aromatic nitrogens is 2. The minimum atomic E-state index is -4.55. The van der Waals surface area contributed by atoms with Gasteiger partial charge in [0.15, 0.2) is 0 Å². The molecule has 0 amide bonds. The number of rotatable bonds is 2. The molecule has 0 aliphatic rings. The number of benzene rings is 2. The van der Waals surface area contributed by atoms with Gasteiger partial charge >= 0.3 is 11.9 Å². The minimum Gasteiger partial charge on any atom is -0.296 e. The number of halogens is 3. The molecule has 24 heavy (non-hydrogen) atoms. The zero-order valence-corrected chi connectivity index (χ0v) is 12.7. The molecule has 0 unspecified atom stereocenters. The predicted octanol–water partition coefficient (Wildman–Crippen LogP) is 2.77. The average Bonchev–Trinajstić information content (AvgIpc) is 2.56. The molecule has 4 nitrogen and oxygen atoms in total. The summed E-state index contributed by atoms with van der Waals surface area (Å²) in [6, 6.07) is 11.4. The normalized spacial score (nSPS) is 11.8. The molecule has 0 atom stereocenters. The molecule has 0 fully saturated rings. The number of hydrogen-bond acceptors (Lipinski definition) is 2. The number of hydrogen-bond donors (Lipinski definition) is 0. The first-order valence-corrected chi connectivity index (χ1v) is 7.14. The maximum absolute atomic E-state index is 13.1. The van der Waals surface area contributed by atoms with Crippen LogP contribution in [0.4, 0.5) is 13.2 Å². The topological polar surface area (TPSA) is 44.0 Å². The molecule has 1 heterocycles. The third kappa shape index (κ3) is 2.62. The van der Waals surface area contributed by atoms with Crippen molar-refractivity contribution in [1.29, 1.82) is 0 Å². The van der Waals surface area contributed by atoms with Crippen molar-refractivity contribution in [3.8, 4) is 0 Å². The van der Waals surface area contributed by atoms with Crippen molar-refractivity contribution in [3.05, 3.63) is 80.5 Å². The van der Waals surface area contributed by atoms with Crippen LogP contribution in [0.3, 0.4) is 0 Å². The van der Waals surface area contributed by atoms with E-state index in [1.165, 1.54) is 29.8 Å². The van der Waals surface area contributed by atoms with Crippen molar-refractivity contribution in [2.75, 3.05) is 0 Å². The fourth-order valence-electron chi connectivity index (χ4n) is 2.71. The fourth-order valence-corrected chi connectivity index (χ4v) is 2.71. The van der Waals surface area contributed by atoms with Gasteiger partial charge in [-0.15, -0.1) is 0 Å². The highest BCUT2D eigenvalue weighted by Gasteiger charge is 2.33. The van der Waals surface area contributed by atoms with Crippen molar-refractivity contribution in [2.24, 2.45) is 7.05 Å². The van der Waals surface area contributed by atoms with Crippen molar-refractivity contribution >= 4 is 10.9 Å². The van der Waals surface area contributed by atoms with Crippen LogP contribution in [0.2, 0.25) is 0 Å². The van der Waals surface area contributed by atoms with Gasteiger partial charge in [0.05, 0.1) is 23.0 Å². The van der Waals surface area contributed by atoms with Gasteiger partial charge in [-0.05, 0) is 23.8 Å². The van der Waals surface area contributed by atoms with Gasteiger partial charge in [-0.1, -0.05) is 30.3 Å². The van der Waals surface area contributed by atoms with Gasteiger partial charge in [-0.2, -0.15) is 13.2 Å². The summed E-state index contributed by atoms with van der Waals surface area (Å²) in [7, 11) is 1.48. The molecule has 124 valence electrons. The molecule has 0 radical (unpaired) electrons. The largest absolute Gasteiger partial charge is 0.416 e. The van der Waals surface area contributed by atoms with Crippen LogP contribution in [-0.2, 0) is 19.8 Å². The Balaban J connectivity index is 2.24. The second-order valence-electron chi connectivity index (χ2n) is 5.40. The molecule has 0 bridgehead atoms. The van der Waals surface area contributed by atoms with Crippen LogP contribution in [-0.4, -0.2) is 9.13 Å². The Bertz CT molecular complexity index is 1030. The lowest BCUT2D eigenvalue weighted by molar-refractivity contribution is -0.138. The van der Waals surface area contributed by atoms with Crippen molar-refractivity contribution < 1.29 is 13.2 Å². The first-order valence-electron chi connectivity index (χ1n) is 7.14. The molecule has 0 spiro atoms. The van der Waals surface area contributed by atoms with Crippen molar-refractivity contribution in [1.82, 2.24) is 9.13 Å². The number of para-hydroxylation sites is 1. The molecule has 2 aromatic carbocycles. The maximum atomic E-state index is 13.1. The monoisotopic (exact) mass is 334 g/mol. The van der Waals surface area contributed by atoms with E-state index in [1.54, 1.807) is 24.3 Å². The van der Waals surface area contributed by atoms with Gasteiger partial charge < -0.3 is 0 Å². The van der Waals surface area contributed by atoms with Crippen molar-refractivity contribution in [2.45, 2.75) is 12.7 Å². The van der Waals surface area contributed by atoms with E-state index in [4.69, 9.17) is 0 Å². The summed E-state index contributed by atoms with van der Waals surface area (Å²) in [6.07, 6.45) is -4.55. The molecular formula is C17H13F3N2O2. The third-order valence-corrected chi connectivity index (χ3v) is 3.91. The highest BCUT2D eigenvalue weighted by molar-refractivity contribution is 5.77. The molecule has 3 aromatic rings. The fraction of sp³-hybridized carbons (Fsp3) is 0.176. The van der Waals surface area contributed by atoms with Gasteiger partial charge in [-0.25, -0.2) is 4.79 Å². The van der Waals surface area contributed by atoms with Crippen LogP contribution in [0, 0.1) is 0 Å². The van der Waals surface area contributed by atoms with Crippen LogP contribution >= 0.6 is 0 Å². The quantitative estimate of drug-likeness (QED) is 0.723. The third-order valence-electron chi connectivity index (χ3n) is 3.91. The summed E-state index contributed by atoms with van der Waals surface area (Å²) in [4.78, 5) is 24.9. The van der Waals surface area contributed by atoms with E-state index >= 15 is 0 Å². The number of nitrogens with zero attached hydrogens (tertiary/aromatic N) is 2. The standard InChI is InChI=1S/C17H13F3N2O2/c1-21-14-9-5-3-7-12(14)15(23)22(16(21)24)10-11-6-2-4-8-13(11)17(18,19)20/h2-9H,10H2,1H3. The summed E-state index contributed by atoms with van der Waals surface area (Å²) in [5, 5.41) is 0.282. The van der Waals surface area contributed by atoms with Gasteiger partial charge in [0.25, 0.3) is 5.56 Å². The summed E-state index contributed by atoms with van der Waals surface area (Å²) in [5.74, 6) is 0. The van der Waals surface area contributed by atoms with Gasteiger partial charge in [0.2, 0.25) is 0 Å². The van der Waals surface area contributed by atoms with Gasteiger partial charge in [-0.3, -0.25) is 13.9 Å². The second-order valence-corrected chi connectivity index (χ2v) is 5.40. The Morgan fingerprint density at radius 1 is 0.958 bits per heavy atom. The van der Waals surface area contributed by atoms with Crippen LogP contribution in [0.5, 0.6) is 0 Å². The van der Waals surface area contributed by atoms with E-state index < -0.39 is 29.5 Å². The van der Waals surface area contributed by atoms with E-state index in [0.717, 1.165) is 10.6 Å². The zero-order chi connectivity index (χ0) is 17.5. The predicted molar refractivity (Wildman–Crippen MR) is 84.0 cm³/mol. The van der Waals surface area contributed by atoms with Crippen LogP contribution in [0.25, 0.3) is 10.9 Å². The van der Waals surface area contributed by atoms with Gasteiger partial charge in [0.1, 0.15) is 0 Å². The highest BCUT2D eigenvalue weighted by Crippen LogP contribution is 2.31.